The lowest BCUT2D eigenvalue weighted by molar-refractivity contribution is 0.216. The SMILES string of the molecule is CC(C)O.CN=C=O. The first kappa shape index (κ1) is 10.3. The second-order valence-electron chi connectivity index (χ2n) is 1.41. The predicted octanol–water partition coefficient (Wildman–Crippen LogP) is 0.339. The molecule has 0 aliphatic carbocycles. The number of hydrogen-bond donors (Lipinski definition) is 1. The van der Waals surface area contributed by atoms with Crippen LogP contribution in [0.3, 0.4) is 0 Å². The summed E-state index contributed by atoms with van der Waals surface area (Å²) in [6.45, 7) is 3.44. The fourth-order valence-corrected chi connectivity index (χ4v) is 0. The van der Waals surface area contributed by atoms with Crippen molar-refractivity contribution in [3.63, 3.8) is 0 Å². The molecular weight excluding hydrogens is 106 g/mol. The Morgan fingerprint density at radius 1 is 1.62 bits per heavy atom. The van der Waals surface area contributed by atoms with Gasteiger partial charge in [0.25, 0.3) is 0 Å². The van der Waals surface area contributed by atoms with E-state index in [0.29, 0.717) is 0 Å². The van der Waals surface area contributed by atoms with Crippen LogP contribution in [0.1, 0.15) is 13.8 Å². The van der Waals surface area contributed by atoms with Crippen molar-refractivity contribution in [3.05, 3.63) is 0 Å². The van der Waals surface area contributed by atoms with E-state index in [1.165, 1.54) is 13.1 Å². The molecule has 0 fully saturated rings. The molecule has 0 radical (unpaired) electrons. The van der Waals surface area contributed by atoms with Crippen molar-refractivity contribution in [1.82, 2.24) is 0 Å². The molecule has 0 heterocycles. The lowest BCUT2D eigenvalue weighted by atomic mass is 10.5. The second kappa shape index (κ2) is 9.60. The molecular formula is C5H11NO2. The van der Waals surface area contributed by atoms with Crippen molar-refractivity contribution in [2.45, 2.75) is 20.0 Å². The highest BCUT2D eigenvalue weighted by atomic mass is 16.3. The number of nitrogens with zero attached hydrogens (tertiary/aromatic N) is 1. The van der Waals surface area contributed by atoms with Gasteiger partial charge < -0.3 is 5.11 Å². The van der Waals surface area contributed by atoms with Gasteiger partial charge in [0.05, 0.1) is 0 Å². The van der Waals surface area contributed by atoms with Crippen molar-refractivity contribution < 1.29 is 9.90 Å². The molecule has 3 heteroatoms. The topological polar surface area (TPSA) is 49.7 Å². The maximum atomic E-state index is 8.88. The van der Waals surface area contributed by atoms with Gasteiger partial charge in [-0.1, -0.05) is 0 Å². The van der Waals surface area contributed by atoms with Gasteiger partial charge in [-0.25, -0.2) is 9.79 Å². The monoisotopic (exact) mass is 117 g/mol. The van der Waals surface area contributed by atoms with E-state index in [0.717, 1.165) is 0 Å². The average molecular weight is 117 g/mol. The molecule has 0 bridgehead atoms. The Hall–Kier alpha value is -0.660. The maximum absolute atomic E-state index is 8.88. The molecule has 8 heavy (non-hydrogen) atoms. The molecule has 0 aromatic carbocycles. The summed E-state index contributed by atoms with van der Waals surface area (Å²) in [5.41, 5.74) is 0. The van der Waals surface area contributed by atoms with Crippen molar-refractivity contribution in [2.24, 2.45) is 4.99 Å². The van der Waals surface area contributed by atoms with E-state index < -0.39 is 0 Å². The lowest BCUT2D eigenvalue weighted by Crippen LogP contribution is -1.85. The van der Waals surface area contributed by atoms with Gasteiger partial charge in [0.1, 0.15) is 0 Å². The van der Waals surface area contributed by atoms with Crippen LogP contribution < -0.4 is 0 Å². The minimum atomic E-state index is -0.167. The van der Waals surface area contributed by atoms with Gasteiger partial charge in [-0.2, -0.15) is 0 Å². The molecule has 0 unspecified atom stereocenters. The zero-order valence-electron chi connectivity index (χ0n) is 5.38. The Bertz CT molecular complexity index is 71.7. The summed E-state index contributed by atoms with van der Waals surface area (Å²) in [5, 5.41) is 8.06. The molecule has 0 aromatic rings. The van der Waals surface area contributed by atoms with Crippen molar-refractivity contribution in [1.29, 1.82) is 0 Å². The lowest BCUT2D eigenvalue weighted by Gasteiger charge is -1.80. The minimum Gasteiger partial charge on any atom is -0.394 e. The summed E-state index contributed by atoms with van der Waals surface area (Å²) in [6, 6.07) is 0. The van der Waals surface area contributed by atoms with Crippen LogP contribution in [0.5, 0.6) is 0 Å². The van der Waals surface area contributed by atoms with Crippen LogP contribution in [0.25, 0.3) is 0 Å². The van der Waals surface area contributed by atoms with Gasteiger partial charge in [-0.05, 0) is 13.8 Å². The summed E-state index contributed by atoms with van der Waals surface area (Å²) in [5.74, 6) is 0. The third-order valence-corrected chi connectivity index (χ3v) is 0.0913. The Morgan fingerprint density at radius 3 is 1.75 bits per heavy atom. The van der Waals surface area contributed by atoms with Crippen LogP contribution in [0.2, 0.25) is 0 Å². The highest BCUT2D eigenvalue weighted by Gasteiger charge is 1.69. The Kier molecular flexibility index (Phi) is 12.4. The number of hydrogen-bond acceptors (Lipinski definition) is 3. The number of aliphatic hydroxyl groups is 1. The third-order valence-electron chi connectivity index (χ3n) is 0.0913. The van der Waals surface area contributed by atoms with Gasteiger partial charge in [0.15, 0.2) is 0 Å². The zero-order chi connectivity index (χ0) is 6.99. The molecule has 0 aromatic heterocycles. The van der Waals surface area contributed by atoms with Gasteiger partial charge in [0.2, 0.25) is 6.08 Å². The molecule has 48 valence electrons. The molecule has 0 saturated carbocycles. The first-order chi connectivity index (χ1) is 3.65. The molecule has 0 amide bonds. The Balaban J connectivity index is 0. The van der Waals surface area contributed by atoms with E-state index >= 15 is 0 Å². The molecule has 0 aliphatic rings. The number of aliphatic hydroxyl groups excluding tert-OH is 1. The second-order valence-corrected chi connectivity index (χ2v) is 1.41. The van der Waals surface area contributed by atoms with Crippen LogP contribution in [0, 0.1) is 0 Å². The van der Waals surface area contributed by atoms with Gasteiger partial charge in [-0.3, -0.25) is 0 Å². The quantitative estimate of drug-likeness (QED) is 0.367. The van der Waals surface area contributed by atoms with Crippen LogP contribution in [0.15, 0.2) is 4.99 Å². The highest BCUT2D eigenvalue weighted by molar-refractivity contribution is 5.32. The van der Waals surface area contributed by atoms with E-state index in [2.05, 4.69) is 4.99 Å². The first-order valence-corrected chi connectivity index (χ1v) is 2.29. The number of aliphatic imine (C=N–C) groups is 1. The van der Waals surface area contributed by atoms with Crippen molar-refractivity contribution >= 4 is 6.08 Å². The molecule has 0 atom stereocenters. The van der Waals surface area contributed by atoms with E-state index in [-0.39, 0.29) is 6.10 Å². The summed E-state index contributed by atoms with van der Waals surface area (Å²) >= 11 is 0. The minimum absolute atomic E-state index is 0.167. The maximum Gasteiger partial charge on any atom is 0.234 e. The van der Waals surface area contributed by atoms with Gasteiger partial charge in [-0.15, -0.1) is 0 Å². The smallest absolute Gasteiger partial charge is 0.234 e. The molecule has 3 nitrogen and oxygen atoms in total. The predicted molar refractivity (Wildman–Crippen MR) is 31.4 cm³/mol. The van der Waals surface area contributed by atoms with E-state index in [9.17, 15) is 0 Å². The molecule has 1 N–H and O–H groups in total. The normalized spacial score (nSPS) is 6.62. The fraction of sp³-hybridized carbons (Fsp3) is 0.800. The van der Waals surface area contributed by atoms with E-state index in [1.807, 2.05) is 0 Å². The first-order valence-electron chi connectivity index (χ1n) is 2.29. The van der Waals surface area contributed by atoms with Crippen LogP contribution >= 0.6 is 0 Å². The van der Waals surface area contributed by atoms with E-state index in [4.69, 9.17) is 9.90 Å². The average Bonchev–Trinajstić information content (AvgIpc) is 1.65. The number of rotatable bonds is 0. The summed E-state index contributed by atoms with van der Waals surface area (Å²) in [4.78, 5) is 11.8. The Labute approximate surface area is 49.1 Å². The molecule has 0 spiro atoms. The summed E-state index contributed by atoms with van der Waals surface area (Å²) < 4.78 is 0. The fourth-order valence-electron chi connectivity index (χ4n) is 0. The van der Waals surface area contributed by atoms with E-state index in [1.54, 1.807) is 13.8 Å². The summed E-state index contributed by atoms with van der Waals surface area (Å²) in [6.07, 6.45) is 1.14. The number of isocyanates is 1. The number of carbonyl (C=O) groups excluding carboxylic acids is 1. The van der Waals surface area contributed by atoms with Crippen molar-refractivity contribution in [2.75, 3.05) is 7.05 Å². The highest BCUT2D eigenvalue weighted by Crippen LogP contribution is 1.65. The third kappa shape index (κ3) is 870. The standard InChI is InChI=1S/C3H8O.C2H3NO/c1-3(2)4;1-3-2-4/h3-4H,1-2H3;1H3. The molecule has 0 rings (SSSR count). The zero-order valence-corrected chi connectivity index (χ0v) is 5.38. The van der Waals surface area contributed by atoms with Crippen LogP contribution in [0.4, 0.5) is 0 Å². The molecule has 0 saturated heterocycles. The van der Waals surface area contributed by atoms with Gasteiger partial charge >= 0.3 is 0 Å². The summed E-state index contributed by atoms with van der Waals surface area (Å²) in [7, 11) is 1.38. The van der Waals surface area contributed by atoms with Crippen LogP contribution in [-0.2, 0) is 4.79 Å². The largest absolute Gasteiger partial charge is 0.394 e. The van der Waals surface area contributed by atoms with Gasteiger partial charge in [0, 0.05) is 13.2 Å². The van der Waals surface area contributed by atoms with Crippen LogP contribution in [-0.4, -0.2) is 24.3 Å². The van der Waals surface area contributed by atoms with Crippen molar-refractivity contribution in [3.8, 4) is 0 Å². The molecule has 0 aliphatic heterocycles. The Morgan fingerprint density at radius 2 is 1.75 bits per heavy atom.